The lowest BCUT2D eigenvalue weighted by atomic mass is 10.3. The SMILES string of the molecule is Nc1ccnc2ncnn12.O=C(O)CCC(=O)O. The van der Waals surface area contributed by atoms with Gasteiger partial charge in [-0.25, -0.2) is 4.98 Å². The maximum absolute atomic E-state index is 9.64. The van der Waals surface area contributed by atoms with E-state index in [0.29, 0.717) is 11.6 Å². The van der Waals surface area contributed by atoms with Crippen molar-refractivity contribution in [3.63, 3.8) is 0 Å². The van der Waals surface area contributed by atoms with Gasteiger partial charge in [0.2, 0.25) is 0 Å². The molecule has 2 rings (SSSR count). The summed E-state index contributed by atoms with van der Waals surface area (Å²) in [6.07, 6.45) is 2.42. The highest BCUT2D eigenvalue weighted by atomic mass is 16.4. The second kappa shape index (κ2) is 6.13. The van der Waals surface area contributed by atoms with E-state index < -0.39 is 11.9 Å². The molecule has 0 saturated heterocycles. The molecule has 0 amide bonds. The Bertz CT molecular complexity index is 539. The predicted octanol–water partition coefficient (Wildman–Crippen LogP) is -0.358. The Balaban J connectivity index is 0.000000187. The van der Waals surface area contributed by atoms with Crippen molar-refractivity contribution < 1.29 is 19.8 Å². The fraction of sp³-hybridized carbons (Fsp3) is 0.222. The van der Waals surface area contributed by atoms with Crippen LogP contribution in [0.4, 0.5) is 5.82 Å². The fourth-order valence-corrected chi connectivity index (χ4v) is 0.970. The van der Waals surface area contributed by atoms with Gasteiger partial charge in [0.05, 0.1) is 12.8 Å². The van der Waals surface area contributed by atoms with Crippen molar-refractivity contribution in [1.82, 2.24) is 19.6 Å². The number of nitrogens with two attached hydrogens (primary N) is 1. The summed E-state index contributed by atoms with van der Waals surface area (Å²) in [7, 11) is 0. The van der Waals surface area contributed by atoms with Gasteiger partial charge in [-0.2, -0.15) is 14.6 Å². The summed E-state index contributed by atoms with van der Waals surface area (Å²) >= 11 is 0. The summed E-state index contributed by atoms with van der Waals surface area (Å²) in [6, 6.07) is 1.67. The number of aromatic nitrogens is 4. The molecule has 4 N–H and O–H groups in total. The average molecular weight is 253 g/mol. The van der Waals surface area contributed by atoms with Gasteiger partial charge in [0, 0.05) is 6.20 Å². The van der Waals surface area contributed by atoms with Crippen LogP contribution in [0.15, 0.2) is 18.6 Å². The molecule has 18 heavy (non-hydrogen) atoms. The van der Waals surface area contributed by atoms with Gasteiger partial charge < -0.3 is 15.9 Å². The molecule has 2 heterocycles. The number of anilines is 1. The number of fused-ring (bicyclic) bond motifs is 1. The fourth-order valence-electron chi connectivity index (χ4n) is 0.970. The molecular formula is C9H11N5O4. The van der Waals surface area contributed by atoms with Gasteiger partial charge in [0.15, 0.2) is 0 Å². The van der Waals surface area contributed by atoms with E-state index in [1.807, 2.05) is 0 Å². The van der Waals surface area contributed by atoms with Crippen LogP contribution in [0.5, 0.6) is 0 Å². The highest BCUT2D eigenvalue weighted by molar-refractivity contribution is 5.75. The second-order valence-corrected chi connectivity index (χ2v) is 3.13. The molecule has 0 fully saturated rings. The molecule has 9 nitrogen and oxygen atoms in total. The van der Waals surface area contributed by atoms with Crippen molar-refractivity contribution >= 4 is 23.5 Å². The first-order valence-electron chi connectivity index (χ1n) is 4.84. The lowest BCUT2D eigenvalue weighted by Crippen LogP contribution is -2.00. The molecule has 0 aliphatic rings. The number of carboxylic acid groups (broad SMARTS) is 2. The van der Waals surface area contributed by atoms with Gasteiger partial charge >= 0.3 is 11.9 Å². The van der Waals surface area contributed by atoms with Crippen LogP contribution in [0.1, 0.15) is 12.8 Å². The van der Waals surface area contributed by atoms with Gasteiger partial charge in [0.25, 0.3) is 5.78 Å². The number of rotatable bonds is 3. The van der Waals surface area contributed by atoms with E-state index in [-0.39, 0.29) is 12.8 Å². The highest BCUT2D eigenvalue weighted by Crippen LogP contribution is 1.99. The zero-order valence-corrected chi connectivity index (χ0v) is 9.22. The number of hydrogen-bond donors (Lipinski definition) is 3. The molecule has 0 bridgehead atoms. The van der Waals surface area contributed by atoms with Crippen molar-refractivity contribution in [2.45, 2.75) is 12.8 Å². The molecule has 2 aromatic rings. The number of nitrogen functional groups attached to an aromatic ring is 1. The summed E-state index contributed by atoms with van der Waals surface area (Å²) < 4.78 is 1.47. The van der Waals surface area contributed by atoms with Gasteiger partial charge in [-0.15, -0.1) is 0 Å². The van der Waals surface area contributed by atoms with E-state index in [1.165, 1.54) is 10.8 Å². The van der Waals surface area contributed by atoms with Gasteiger partial charge in [-0.05, 0) is 6.07 Å². The van der Waals surface area contributed by atoms with Crippen molar-refractivity contribution in [3.8, 4) is 0 Å². The number of aliphatic carboxylic acids is 2. The molecule has 2 aromatic heterocycles. The summed E-state index contributed by atoms with van der Waals surface area (Å²) in [5.41, 5.74) is 5.52. The summed E-state index contributed by atoms with van der Waals surface area (Å²) in [5.74, 6) is -1.08. The number of carboxylic acids is 2. The Morgan fingerprint density at radius 3 is 2.33 bits per heavy atom. The lowest BCUT2D eigenvalue weighted by Gasteiger charge is -1.92. The summed E-state index contributed by atoms with van der Waals surface area (Å²) in [5, 5.41) is 19.6. The largest absolute Gasteiger partial charge is 0.481 e. The monoisotopic (exact) mass is 253 g/mol. The second-order valence-electron chi connectivity index (χ2n) is 3.13. The number of carbonyl (C=O) groups is 2. The van der Waals surface area contributed by atoms with Crippen LogP contribution in [-0.2, 0) is 9.59 Å². The molecule has 0 aliphatic heterocycles. The lowest BCUT2D eigenvalue weighted by molar-refractivity contribution is -0.143. The molecule has 0 radical (unpaired) electrons. The highest BCUT2D eigenvalue weighted by Gasteiger charge is 2.00. The van der Waals surface area contributed by atoms with Gasteiger partial charge in [-0.1, -0.05) is 0 Å². The van der Waals surface area contributed by atoms with Crippen LogP contribution in [0.2, 0.25) is 0 Å². The quantitative estimate of drug-likeness (QED) is 0.672. The topological polar surface area (TPSA) is 144 Å². The van der Waals surface area contributed by atoms with Crippen LogP contribution in [-0.4, -0.2) is 41.7 Å². The third kappa shape index (κ3) is 4.04. The number of hydrogen-bond acceptors (Lipinski definition) is 6. The Morgan fingerprint density at radius 1 is 1.22 bits per heavy atom. The molecule has 0 unspecified atom stereocenters. The molecule has 0 aromatic carbocycles. The van der Waals surface area contributed by atoms with E-state index >= 15 is 0 Å². The van der Waals surface area contributed by atoms with Crippen LogP contribution < -0.4 is 5.73 Å². The Hall–Kier alpha value is -2.71. The third-order valence-electron chi connectivity index (χ3n) is 1.76. The smallest absolute Gasteiger partial charge is 0.303 e. The van der Waals surface area contributed by atoms with E-state index in [4.69, 9.17) is 15.9 Å². The van der Waals surface area contributed by atoms with Crippen molar-refractivity contribution in [3.05, 3.63) is 18.6 Å². The van der Waals surface area contributed by atoms with E-state index in [0.717, 1.165) is 0 Å². The van der Waals surface area contributed by atoms with E-state index in [2.05, 4.69) is 15.1 Å². The minimum atomic E-state index is -1.08. The first kappa shape index (κ1) is 13.4. The predicted molar refractivity (Wildman–Crippen MR) is 59.7 cm³/mol. The standard InChI is InChI=1S/C5H5N5.C4H6O4/c6-4-1-2-7-5-8-3-9-10(4)5;5-3(6)1-2-4(7)8/h1-3H,6H2;1-2H2,(H,5,6)(H,7,8). The summed E-state index contributed by atoms with van der Waals surface area (Å²) in [6.45, 7) is 0. The molecule has 0 aliphatic carbocycles. The van der Waals surface area contributed by atoms with Crippen LogP contribution in [0.25, 0.3) is 5.78 Å². The normalized spacial score (nSPS) is 9.56. The van der Waals surface area contributed by atoms with Gasteiger partial charge in [-0.3, -0.25) is 9.59 Å². The molecule has 9 heteroatoms. The third-order valence-corrected chi connectivity index (χ3v) is 1.76. The maximum Gasteiger partial charge on any atom is 0.303 e. The van der Waals surface area contributed by atoms with E-state index in [1.54, 1.807) is 12.3 Å². The van der Waals surface area contributed by atoms with Gasteiger partial charge in [0.1, 0.15) is 12.1 Å². The molecule has 0 spiro atoms. The van der Waals surface area contributed by atoms with Crippen LogP contribution in [0.3, 0.4) is 0 Å². The van der Waals surface area contributed by atoms with E-state index in [9.17, 15) is 9.59 Å². The Morgan fingerprint density at radius 2 is 1.83 bits per heavy atom. The summed E-state index contributed by atoms with van der Waals surface area (Å²) in [4.78, 5) is 27.0. The minimum absolute atomic E-state index is 0.296. The van der Waals surface area contributed by atoms with Crippen LogP contribution >= 0.6 is 0 Å². The molecular weight excluding hydrogens is 242 g/mol. The number of nitrogens with zero attached hydrogens (tertiary/aromatic N) is 4. The minimum Gasteiger partial charge on any atom is -0.481 e. The van der Waals surface area contributed by atoms with Crippen LogP contribution in [0, 0.1) is 0 Å². The zero-order chi connectivity index (χ0) is 13.5. The first-order chi connectivity index (χ1) is 8.50. The molecule has 0 saturated carbocycles. The molecule has 96 valence electrons. The van der Waals surface area contributed by atoms with Crippen molar-refractivity contribution in [2.75, 3.05) is 5.73 Å². The molecule has 0 atom stereocenters. The maximum atomic E-state index is 9.64. The first-order valence-corrected chi connectivity index (χ1v) is 4.84. The Labute approximate surface area is 101 Å². The zero-order valence-electron chi connectivity index (χ0n) is 9.22. The Kier molecular flexibility index (Phi) is 4.55. The van der Waals surface area contributed by atoms with Crippen molar-refractivity contribution in [1.29, 1.82) is 0 Å². The average Bonchev–Trinajstić information content (AvgIpc) is 2.77. The van der Waals surface area contributed by atoms with Crippen molar-refractivity contribution in [2.24, 2.45) is 0 Å².